The molecule has 1 aromatic heterocycles. The van der Waals surface area contributed by atoms with Gasteiger partial charge in [0, 0.05) is 29.2 Å². The Hall–Kier alpha value is -4.60. The Morgan fingerprint density at radius 1 is 0.812 bits per heavy atom. The lowest BCUT2D eigenvalue weighted by Gasteiger charge is -2.07. The van der Waals surface area contributed by atoms with Crippen LogP contribution in [0.25, 0.3) is 33.3 Å². The summed E-state index contributed by atoms with van der Waals surface area (Å²) in [6, 6.07) is 34.8. The van der Waals surface area contributed by atoms with Gasteiger partial charge in [-0.1, -0.05) is 72.8 Å². The number of benzene rings is 4. The van der Waals surface area contributed by atoms with Crippen molar-refractivity contribution < 1.29 is 0 Å². The van der Waals surface area contributed by atoms with Crippen molar-refractivity contribution in [3.63, 3.8) is 0 Å². The number of hydrogen-bond donors (Lipinski definition) is 0. The molecule has 0 spiro atoms. The van der Waals surface area contributed by atoms with Crippen LogP contribution in [0.4, 0.5) is 0 Å². The average molecular weight is 409 g/mol. The van der Waals surface area contributed by atoms with Gasteiger partial charge < -0.3 is 4.57 Å². The highest BCUT2D eigenvalue weighted by Gasteiger charge is 2.11. The number of fused-ring (bicyclic) bond motifs is 2. The molecule has 4 aromatic carbocycles. The monoisotopic (exact) mass is 409 g/mol. The third kappa shape index (κ3) is 3.54. The van der Waals surface area contributed by atoms with Crippen molar-refractivity contribution in [2.24, 2.45) is 0 Å². The fourth-order valence-electron chi connectivity index (χ4n) is 4.16. The minimum atomic E-state index is 0.593. The molecule has 0 radical (unpaired) electrons. The van der Waals surface area contributed by atoms with Crippen molar-refractivity contribution in [2.75, 3.05) is 0 Å². The molecule has 0 amide bonds. The molecule has 0 bridgehead atoms. The molecule has 0 saturated carbocycles. The SMILES string of the molecule is N#CC(=Cc1cn(Cc2ccccc2C#N)c2ccccc12)c1ccc2ccccc2c1. The number of hydrogen-bond acceptors (Lipinski definition) is 2. The molecular weight excluding hydrogens is 390 g/mol. The molecule has 0 aliphatic rings. The molecule has 0 N–H and O–H groups in total. The van der Waals surface area contributed by atoms with Crippen molar-refractivity contribution in [2.45, 2.75) is 6.54 Å². The smallest absolute Gasteiger partial charge is 0.0998 e. The molecule has 0 aliphatic heterocycles. The van der Waals surface area contributed by atoms with E-state index in [2.05, 4.69) is 59.3 Å². The van der Waals surface area contributed by atoms with Crippen LogP contribution in [0.3, 0.4) is 0 Å². The Kier molecular flexibility index (Phi) is 5.00. The summed E-state index contributed by atoms with van der Waals surface area (Å²) in [5.74, 6) is 0. The van der Waals surface area contributed by atoms with Crippen LogP contribution in [0.1, 0.15) is 22.3 Å². The molecule has 0 fully saturated rings. The lowest BCUT2D eigenvalue weighted by atomic mass is 10.00. The maximum atomic E-state index is 9.93. The number of nitriles is 2. The molecule has 5 rings (SSSR count). The molecular formula is C29H19N3. The van der Waals surface area contributed by atoms with Crippen LogP contribution in [0.5, 0.6) is 0 Å². The second-order valence-electron chi connectivity index (χ2n) is 7.73. The summed E-state index contributed by atoms with van der Waals surface area (Å²) in [4.78, 5) is 0. The fraction of sp³-hybridized carbons (Fsp3) is 0.0345. The first-order chi connectivity index (χ1) is 15.8. The summed E-state index contributed by atoms with van der Waals surface area (Å²) in [6.07, 6.45) is 4.02. The Balaban J connectivity index is 1.61. The first-order valence-corrected chi connectivity index (χ1v) is 10.4. The summed E-state index contributed by atoms with van der Waals surface area (Å²) in [5.41, 5.74) is 5.23. The molecule has 150 valence electrons. The van der Waals surface area contributed by atoms with Crippen molar-refractivity contribution in [1.29, 1.82) is 10.5 Å². The molecule has 5 aromatic rings. The van der Waals surface area contributed by atoms with E-state index in [0.717, 1.165) is 38.4 Å². The van der Waals surface area contributed by atoms with Crippen molar-refractivity contribution in [3.8, 4) is 12.1 Å². The van der Waals surface area contributed by atoms with Gasteiger partial charge in [-0.25, -0.2) is 0 Å². The Morgan fingerprint density at radius 2 is 1.56 bits per heavy atom. The van der Waals surface area contributed by atoms with E-state index in [4.69, 9.17) is 0 Å². The molecule has 3 heteroatoms. The van der Waals surface area contributed by atoms with Crippen LogP contribution < -0.4 is 0 Å². The maximum absolute atomic E-state index is 9.93. The van der Waals surface area contributed by atoms with Crippen molar-refractivity contribution >= 4 is 33.3 Å². The van der Waals surface area contributed by atoms with Gasteiger partial charge in [-0.2, -0.15) is 10.5 Å². The number of aromatic nitrogens is 1. The Morgan fingerprint density at radius 3 is 2.41 bits per heavy atom. The van der Waals surface area contributed by atoms with Gasteiger partial charge in [0.15, 0.2) is 0 Å². The molecule has 32 heavy (non-hydrogen) atoms. The van der Waals surface area contributed by atoms with Crippen LogP contribution in [-0.2, 0) is 6.54 Å². The van der Waals surface area contributed by atoms with E-state index in [-0.39, 0.29) is 0 Å². The number of nitrogens with zero attached hydrogens (tertiary/aromatic N) is 3. The fourth-order valence-corrected chi connectivity index (χ4v) is 4.16. The third-order valence-electron chi connectivity index (χ3n) is 5.78. The molecule has 0 saturated heterocycles. The van der Waals surface area contributed by atoms with E-state index in [1.54, 1.807) is 0 Å². The zero-order chi connectivity index (χ0) is 21.9. The summed E-state index contributed by atoms with van der Waals surface area (Å²) >= 11 is 0. The molecule has 0 aliphatic carbocycles. The minimum absolute atomic E-state index is 0.593. The lowest BCUT2D eigenvalue weighted by Crippen LogP contribution is -2.00. The van der Waals surface area contributed by atoms with E-state index in [9.17, 15) is 10.5 Å². The molecule has 0 unspecified atom stereocenters. The highest BCUT2D eigenvalue weighted by molar-refractivity contribution is 5.99. The molecule has 1 heterocycles. The minimum Gasteiger partial charge on any atom is -0.342 e. The van der Waals surface area contributed by atoms with Gasteiger partial charge in [-0.3, -0.25) is 0 Å². The normalized spacial score (nSPS) is 11.4. The second kappa shape index (κ2) is 8.26. The Bertz CT molecular complexity index is 1570. The van der Waals surface area contributed by atoms with Crippen LogP contribution in [0.2, 0.25) is 0 Å². The standard InChI is InChI=1S/C29H19N3/c30-17-24-9-3-4-10-25(24)19-32-20-27(28-11-5-6-12-29(28)32)16-26(18-31)23-14-13-21-7-1-2-8-22(21)15-23/h1-16,20H,19H2. The van der Waals surface area contributed by atoms with Crippen LogP contribution in [0.15, 0.2) is 97.2 Å². The summed E-state index contributed by atoms with van der Waals surface area (Å²) < 4.78 is 2.15. The van der Waals surface area contributed by atoms with E-state index in [1.165, 1.54) is 0 Å². The lowest BCUT2D eigenvalue weighted by molar-refractivity contribution is 0.833. The number of rotatable bonds is 4. The second-order valence-corrected chi connectivity index (χ2v) is 7.73. The van der Waals surface area contributed by atoms with E-state index >= 15 is 0 Å². The number of para-hydroxylation sites is 1. The van der Waals surface area contributed by atoms with Gasteiger partial charge in [0.25, 0.3) is 0 Å². The topological polar surface area (TPSA) is 52.5 Å². The average Bonchev–Trinajstić information content (AvgIpc) is 3.19. The van der Waals surface area contributed by atoms with Gasteiger partial charge in [0.1, 0.15) is 0 Å². The molecule has 0 atom stereocenters. The number of allylic oxidation sites excluding steroid dienone is 1. The zero-order valence-electron chi connectivity index (χ0n) is 17.4. The first-order valence-electron chi connectivity index (χ1n) is 10.4. The molecule has 3 nitrogen and oxygen atoms in total. The summed E-state index contributed by atoms with van der Waals surface area (Å²) in [5, 5.41) is 22.7. The van der Waals surface area contributed by atoms with Crippen molar-refractivity contribution in [1.82, 2.24) is 4.57 Å². The van der Waals surface area contributed by atoms with Crippen LogP contribution >= 0.6 is 0 Å². The van der Waals surface area contributed by atoms with Crippen LogP contribution in [0, 0.1) is 22.7 Å². The van der Waals surface area contributed by atoms with E-state index in [1.807, 2.05) is 60.7 Å². The largest absolute Gasteiger partial charge is 0.342 e. The van der Waals surface area contributed by atoms with Gasteiger partial charge in [-0.05, 0) is 46.2 Å². The first kappa shape index (κ1) is 19.4. The van der Waals surface area contributed by atoms with Gasteiger partial charge in [0.05, 0.1) is 23.3 Å². The summed E-state index contributed by atoms with van der Waals surface area (Å²) in [7, 11) is 0. The van der Waals surface area contributed by atoms with Gasteiger partial charge in [0.2, 0.25) is 0 Å². The van der Waals surface area contributed by atoms with Crippen molar-refractivity contribution in [3.05, 3.63) is 119 Å². The van der Waals surface area contributed by atoms with E-state index in [0.29, 0.717) is 17.7 Å². The predicted octanol–water partition coefficient (Wildman–Crippen LogP) is 6.78. The predicted molar refractivity (Wildman–Crippen MR) is 130 cm³/mol. The quantitative estimate of drug-likeness (QED) is 0.307. The van der Waals surface area contributed by atoms with Crippen LogP contribution in [-0.4, -0.2) is 4.57 Å². The van der Waals surface area contributed by atoms with E-state index < -0.39 is 0 Å². The van der Waals surface area contributed by atoms with Gasteiger partial charge in [-0.15, -0.1) is 0 Å². The highest BCUT2D eigenvalue weighted by Crippen LogP contribution is 2.28. The maximum Gasteiger partial charge on any atom is 0.0998 e. The zero-order valence-corrected chi connectivity index (χ0v) is 17.4. The Labute approximate surface area is 186 Å². The third-order valence-corrected chi connectivity index (χ3v) is 5.78. The highest BCUT2D eigenvalue weighted by atomic mass is 15.0. The van der Waals surface area contributed by atoms with Gasteiger partial charge >= 0.3 is 0 Å². The summed E-state index contributed by atoms with van der Waals surface area (Å²) in [6.45, 7) is 0.593.